The Hall–Kier alpha value is -3.83. The number of aromatic nitrogens is 6. The van der Waals surface area contributed by atoms with Gasteiger partial charge in [0.2, 0.25) is 11.8 Å². The lowest BCUT2D eigenvalue weighted by molar-refractivity contribution is 0.102. The van der Waals surface area contributed by atoms with Crippen LogP contribution in [-0.2, 0) is 20.1 Å². The highest BCUT2D eigenvalue weighted by molar-refractivity contribution is 6.03. The summed E-state index contributed by atoms with van der Waals surface area (Å²) in [5.74, 6) is 1.69. The molecule has 1 fully saturated rings. The van der Waals surface area contributed by atoms with Gasteiger partial charge in [0.1, 0.15) is 11.5 Å². The number of nitrogens with one attached hydrogen (secondary N) is 1. The third kappa shape index (κ3) is 5.44. The molecule has 1 aromatic carbocycles. The van der Waals surface area contributed by atoms with Crippen LogP contribution in [-0.4, -0.2) is 84.8 Å². The number of rotatable bonds is 2. The number of benzene rings is 1. The van der Waals surface area contributed by atoms with Crippen molar-refractivity contribution in [1.82, 2.24) is 39.1 Å². The number of nitrogens with zero attached hydrogens (tertiary/aromatic N) is 8. The quantitative estimate of drug-likeness (QED) is 0.410. The molecule has 0 unspecified atom stereocenters. The Morgan fingerprint density at radius 3 is 2.67 bits per heavy atom. The molecule has 3 aromatic heterocycles. The summed E-state index contributed by atoms with van der Waals surface area (Å²) in [7, 11) is 4.02. The van der Waals surface area contributed by atoms with Gasteiger partial charge in [-0.25, -0.2) is 19.6 Å². The Morgan fingerprint density at radius 1 is 1.05 bits per heavy atom. The summed E-state index contributed by atoms with van der Waals surface area (Å²) in [6.45, 7) is 10.5. The van der Waals surface area contributed by atoms with Crippen LogP contribution < -0.4 is 10.1 Å². The molecule has 1 atom stereocenters. The first-order valence-corrected chi connectivity index (χ1v) is 14.1. The minimum atomic E-state index is -0.324. The van der Waals surface area contributed by atoms with Crippen LogP contribution >= 0.6 is 0 Å². The van der Waals surface area contributed by atoms with Crippen molar-refractivity contribution in [2.75, 3.05) is 45.2 Å². The monoisotopic (exact) mass is 543 g/mol. The second kappa shape index (κ2) is 11.0. The molecule has 2 aliphatic heterocycles. The van der Waals surface area contributed by atoms with Crippen molar-refractivity contribution in [2.24, 2.45) is 13.0 Å². The molecular weight excluding hydrogens is 506 g/mol. The number of anilines is 1. The summed E-state index contributed by atoms with van der Waals surface area (Å²) in [4.78, 5) is 32.3. The van der Waals surface area contributed by atoms with E-state index in [4.69, 9.17) is 9.72 Å². The lowest BCUT2D eigenvalue weighted by Gasteiger charge is -2.32. The van der Waals surface area contributed by atoms with Crippen molar-refractivity contribution in [2.45, 2.75) is 39.8 Å². The molecule has 4 aromatic rings. The van der Waals surface area contributed by atoms with Gasteiger partial charge in [-0.1, -0.05) is 13.0 Å². The van der Waals surface area contributed by atoms with Crippen molar-refractivity contribution in [3.63, 3.8) is 0 Å². The van der Waals surface area contributed by atoms with Gasteiger partial charge in [-0.3, -0.25) is 15.0 Å². The van der Waals surface area contributed by atoms with Crippen LogP contribution in [0.3, 0.4) is 0 Å². The Balaban J connectivity index is 1.36. The normalized spacial score (nSPS) is 19.3. The van der Waals surface area contributed by atoms with Crippen LogP contribution in [0.25, 0.3) is 22.3 Å². The number of hydrogen-bond donors (Lipinski definition) is 1. The van der Waals surface area contributed by atoms with Crippen LogP contribution in [0.2, 0.25) is 0 Å². The number of ether oxygens (including phenoxy) is 1. The minimum Gasteiger partial charge on any atom is -0.477 e. The second-order valence-corrected chi connectivity index (χ2v) is 11.2. The molecule has 2 bridgehead atoms. The number of likely N-dealkylation sites (N-methyl/N-ethyl adjacent to an activating group) is 1. The predicted octanol–water partition coefficient (Wildman–Crippen LogP) is 3.34. The Bertz CT molecular complexity index is 1530. The number of hydrogen-bond acceptors (Lipinski definition) is 8. The number of fused-ring (bicyclic) bond motifs is 7. The summed E-state index contributed by atoms with van der Waals surface area (Å²) >= 11 is 0. The summed E-state index contributed by atoms with van der Waals surface area (Å²) in [5.41, 5.74) is 4.78. The van der Waals surface area contributed by atoms with E-state index < -0.39 is 0 Å². The fourth-order valence-corrected chi connectivity index (χ4v) is 5.58. The molecule has 210 valence electrons. The Kier molecular flexibility index (Phi) is 7.24. The van der Waals surface area contributed by atoms with E-state index in [1.54, 1.807) is 23.9 Å². The molecule has 0 aliphatic carbocycles. The maximum absolute atomic E-state index is 13.5. The number of piperazine rings is 1. The molecule has 5 heterocycles. The van der Waals surface area contributed by atoms with E-state index in [0.29, 0.717) is 35.9 Å². The zero-order valence-electron chi connectivity index (χ0n) is 23.7. The molecule has 1 saturated heterocycles. The zero-order chi connectivity index (χ0) is 27.8. The van der Waals surface area contributed by atoms with Crippen molar-refractivity contribution in [3.05, 3.63) is 47.5 Å². The standard InChI is InChI=1S/C29H37N9O2/c1-19-6-5-13-40-28-22(16-30-36(28)4)24-15-25(32-20(2)31-24)27(39)34-29-33-23-8-7-21(14-26(23)38(29)17-19)18-37-11-9-35(3)10-12-37/h7-8,14-16,19H,5-6,9-13,17-18H2,1-4H3,(H,33,34,39)/t19-/m1/s1. The summed E-state index contributed by atoms with van der Waals surface area (Å²) in [5, 5.41) is 7.44. The van der Waals surface area contributed by atoms with E-state index in [1.165, 1.54) is 5.56 Å². The van der Waals surface area contributed by atoms with E-state index in [-0.39, 0.29) is 11.6 Å². The largest absolute Gasteiger partial charge is 0.477 e. The van der Waals surface area contributed by atoms with E-state index >= 15 is 0 Å². The van der Waals surface area contributed by atoms with Crippen molar-refractivity contribution < 1.29 is 9.53 Å². The maximum atomic E-state index is 13.5. The minimum absolute atomic E-state index is 0.273. The van der Waals surface area contributed by atoms with Gasteiger partial charge in [-0.05, 0) is 56.5 Å². The first-order valence-electron chi connectivity index (χ1n) is 14.1. The molecule has 11 heteroatoms. The van der Waals surface area contributed by atoms with Gasteiger partial charge < -0.3 is 14.2 Å². The number of imidazole rings is 1. The van der Waals surface area contributed by atoms with Gasteiger partial charge in [0.25, 0.3) is 5.91 Å². The van der Waals surface area contributed by atoms with Crippen LogP contribution in [0, 0.1) is 12.8 Å². The predicted molar refractivity (Wildman–Crippen MR) is 153 cm³/mol. The van der Waals surface area contributed by atoms with Crippen molar-refractivity contribution >= 4 is 22.9 Å². The van der Waals surface area contributed by atoms with Gasteiger partial charge in [-0.2, -0.15) is 5.10 Å². The third-order valence-electron chi connectivity index (χ3n) is 7.85. The second-order valence-electron chi connectivity index (χ2n) is 11.2. The average Bonchev–Trinajstić information content (AvgIpc) is 3.46. The number of aryl methyl sites for hydroxylation is 2. The molecule has 0 saturated carbocycles. The molecular formula is C29H37N9O2. The van der Waals surface area contributed by atoms with E-state index in [9.17, 15) is 4.79 Å². The highest BCUT2D eigenvalue weighted by atomic mass is 16.5. The smallest absolute Gasteiger partial charge is 0.276 e. The Labute approximate surface area is 234 Å². The summed E-state index contributed by atoms with van der Waals surface area (Å²) in [6, 6.07) is 8.15. The lowest BCUT2D eigenvalue weighted by atomic mass is 10.1. The molecule has 40 heavy (non-hydrogen) atoms. The lowest BCUT2D eigenvalue weighted by Crippen LogP contribution is -2.43. The molecule has 1 amide bonds. The molecule has 1 N–H and O–H groups in total. The third-order valence-corrected chi connectivity index (χ3v) is 7.85. The first kappa shape index (κ1) is 26.4. The van der Waals surface area contributed by atoms with Gasteiger partial charge in [0.05, 0.1) is 35.1 Å². The molecule has 0 radical (unpaired) electrons. The Morgan fingerprint density at radius 2 is 1.85 bits per heavy atom. The average molecular weight is 544 g/mol. The van der Waals surface area contributed by atoms with Crippen LogP contribution in [0.15, 0.2) is 30.5 Å². The first-order chi connectivity index (χ1) is 19.3. The van der Waals surface area contributed by atoms with Crippen molar-refractivity contribution in [3.8, 4) is 17.1 Å². The zero-order valence-corrected chi connectivity index (χ0v) is 23.7. The fraction of sp³-hybridized carbons (Fsp3) is 0.483. The van der Waals surface area contributed by atoms with E-state index in [2.05, 4.69) is 66.9 Å². The van der Waals surface area contributed by atoms with Gasteiger partial charge in [-0.15, -0.1) is 0 Å². The molecule has 2 aliphatic rings. The summed E-state index contributed by atoms with van der Waals surface area (Å²) in [6.07, 6.45) is 3.58. The highest BCUT2D eigenvalue weighted by Gasteiger charge is 2.22. The number of carbonyl (C=O) groups excluding carboxylic acids is 1. The summed E-state index contributed by atoms with van der Waals surface area (Å²) < 4.78 is 10.0. The fourth-order valence-electron chi connectivity index (χ4n) is 5.58. The number of carbonyl (C=O) groups is 1. The topological polar surface area (TPSA) is 106 Å². The molecule has 11 nitrogen and oxygen atoms in total. The van der Waals surface area contributed by atoms with Gasteiger partial charge in [0, 0.05) is 46.3 Å². The van der Waals surface area contributed by atoms with E-state index in [1.807, 2.05) is 7.05 Å². The van der Waals surface area contributed by atoms with Gasteiger partial charge >= 0.3 is 0 Å². The highest BCUT2D eigenvalue weighted by Crippen LogP contribution is 2.30. The van der Waals surface area contributed by atoms with Crippen LogP contribution in [0.5, 0.6) is 5.88 Å². The van der Waals surface area contributed by atoms with Crippen LogP contribution in [0.4, 0.5) is 5.95 Å². The maximum Gasteiger partial charge on any atom is 0.276 e. The van der Waals surface area contributed by atoms with E-state index in [0.717, 1.165) is 68.7 Å². The molecule has 6 rings (SSSR count). The van der Waals surface area contributed by atoms with Gasteiger partial charge in [0.15, 0.2) is 0 Å². The number of amides is 1. The van der Waals surface area contributed by atoms with Crippen LogP contribution in [0.1, 0.15) is 41.6 Å². The molecule has 0 spiro atoms. The SMILES string of the molecule is Cc1nc2cc(n1)-c1cnn(C)c1OCCC[C@@H](C)Cn1c(nc3ccc(CN4CCN(C)CC4)cc31)NC2=O. The van der Waals surface area contributed by atoms with Crippen molar-refractivity contribution in [1.29, 1.82) is 0 Å².